The van der Waals surface area contributed by atoms with Crippen molar-refractivity contribution in [3.8, 4) is 0 Å². The van der Waals surface area contributed by atoms with E-state index in [0.717, 1.165) is 35.1 Å². The molecule has 2 rings (SSSR count). The lowest BCUT2D eigenvalue weighted by atomic mass is 10.1. The second-order valence-electron chi connectivity index (χ2n) is 5.48. The number of rotatable bonds is 8. The number of aliphatic carboxylic acids is 1. The van der Waals surface area contributed by atoms with Crippen LogP contribution in [0.3, 0.4) is 0 Å². The summed E-state index contributed by atoms with van der Waals surface area (Å²) < 4.78 is 2.12. The Hall–Kier alpha value is -1.56. The van der Waals surface area contributed by atoms with Crippen LogP contribution < -0.4 is 0 Å². The smallest absolute Gasteiger partial charge is 0.313 e. The first kappa shape index (κ1) is 15.8. The van der Waals surface area contributed by atoms with Crippen molar-refractivity contribution in [3.05, 3.63) is 18.5 Å². The third kappa shape index (κ3) is 4.46. The quantitative estimate of drug-likeness (QED) is 0.597. The number of thioether (sulfide) groups is 1. The molecule has 21 heavy (non-hydrogen) atoms. The zero-order valence-corrected chi connectivity index (χ0v) is 13.3. The summed E-state index contributed by atoms with van der Waals surface area (Å²) in [5.74, 6) is -0.0749. The van der Waals surface area contributed by atoms with E-state index in [1.807, 2.05) is 6.07 Å². The summed E-state index contributed by atoms with van der Waals surface area (Å²) in [5, 5.41) is 9.61. The Morgan fingerprint density at radius 2 is 2.24 bits per heavy atom. The SMILES string of the molecule is CC(C)CCCCn1c(SCC(=O)O)nc2cnccc21. The van der Waals surface area contributed by atoms with Gasteiger partial charge in [-0.3, -0.25) is 9.78 Å². The molecule has 0 amide bonds. The summed E-state index contributed by atoms with van der Waals surface area (Å²) in [7, 11) is 0. The van der Waals surface area contributed by atoms with Gasteiger partial charge in [-0.2, -0.15) is 0 Å². The molecule has 2 aromatic heterocycles. The Balaban J connectivity index is 2.13. The zero-order chi connectivity index (χ0) is 15.2. The minimum Gasteiger partial charge on any atom is -0.481 e. The van der Waals surface area contributed by atoms with E-state index in [1.54, 1.807) is 12.4 Å². The average Bonchev–Trinajstić information content (AvgIpc) is 2.79. The highest BCUT2D eigenvalue weighted by Crippen LogP contribution is 2.24. The van der Waals surface area contributed by atoms with E-state index in [4.69, 9.17) is 5.11 Å². The van der Waals surface area contributed by atoms with Crippen LogP contribution in [0, 0.1) is 5.92 Å². The number of fused-ring (bicyclic) bond motifs is 1. The molecule has 5 nitrogen and oxygen atoms in total. The number of imidazole rings is 1. The highest BCUT2D eigenvalue weighted by molar-refractivity contribution is 7.99. The molecule has 2 aromatic rings. The van der Waals surface area contributed by atoms with Crippen molar-refractivity contribution in [3.63, 3.8) is 0 Å². The van der Waals surface area contributed by atoms with Crippen molar-refractivity contribution in [1.82, 2.24) is 14.5 Å². The van der Waals surface area contributed by atoms with E-state index in [1.165, 1.54) is 24.6 Å². The number of unbranched alkanes of at least 4 members (excludes halogenated alkanes) is 1. The molecule has 0 fully saturated rings. The Morgan fingerprint density at radius 3 is 2.95 bits per heavy atom. The number of nitrogens with zero attached hydrogens (tertiary/aromatic N) is 3. The molecule has 6 heteroatoms. The number of hydrogen-bond acceptors (Lipinski definition) is 4. The molecular weight excluding hydrogens is 286 g/mol. The van der Waals surface area contributed by atoms with Crippen molar-refractivity contribution >= 4 is 28.8 Å². The van der Waals surface area contributed by atoms with E-state index in [2.05, 4.69) is 28.4 Å². The van der Waals surface area contributed by atoms with Gasteiger partial charge in [0.1, 0.15) is 5.52 Å². The van der Waals surface area contributed by atoms with E-state index >= 15 is 0 Å². The number of carboxylic acids is 1. The molecule has 114 valence electrons. The molecule has 0 bridgehead atoms. The van der Waals surface area contributed by atoms with Gasteiger partial charge in [0, 0.05) is 12.7 Å². The fourth-order valence-corrected chi connectivity index (χ4v) is 3.00. The van der Waals surface area contributed by atoms with Gasteiger partial charge in [0.25, 0.3) is 0 Å². The molecule has 0 aliphatic rings. The lowest BCUT2D eigenvalue weighted by Crippen LogP contribution is -2.04. The molecule has 0 unspecified atom stereocenters. The molecular formula is C15H21N3O2S. The lowest BCUT2D eigenvalue weighted by Gasteiger charge is -2.09. The van der Waals surface area contributed by atoms with Crippen LogP contribution in [0.5, 0.6) is 0 Å². The van der Waals surface area contributed by atoms with Crippen molar-refractivity contribution < 1.29 is 9.90 Å². The van der Waals surface area contributed by atoms with Gasteiger partial charge in [0.15, 0.2) is 5.16 Å². The summed E-state index contributed by atoms with van der Waals surface area (Å²) in [4.78, 5) is 19.3. The van der Waals surface area contributed by atoms with Gasteiger partial charge in [0.2, 0.25) is 0 Å². The van der Waals surface area contributed by atoms with Gasteiger partial charge in [0.05, 0.1) is 17.5 Å². The van der Waals surface area contributed by atoms with E-state index in [0.29, 0.717) is 0 Å². The summed E-state index contributed by atoms with van der Waals surface area (Å²) in [6.07, 6.45) is 6.94. The first-order valence-corrected chi connectivity index (χ1v) is 8.21. The monoisotopic (exact) mass is 307 g/mol. The van der Waals surface area contributed by atoms with E-state index in [9.17, 15) is 4.79 Å². The van der Waals surface area contributed by atoms with Crippen LogP contribution in [0.4, 0.5) is 0 Å². The van der Waals surface area contributed by atoms with Crippen LogP contribution in [0.25, 0.3) is 11.0 Å². The van der Waals surface area contributed by atoms with Crippen LogP contribution in [0.1, 0.15) is 33.1 Å². The third-order valence-electron chi connectivity index (χ3n) is 3.25. The zero-order valence-electron chi connectivity index (χ0n) is 12.5. The standard InChI is InChI=1S/C15H21N3O2S/c1-11(2)5-3-4-8-18-13-6-7-16-9-12(13)17-15(18)21-10-14(19)20/h6-7,9,11H,3-5,8,10H2,1-2H3,(H,19,20). The van der Waals surface area contributed by atoms with Crippen LogP contribution >= 0.6 is 11.8 Å². The molecule has 0 aliphatic carbocycles. The van der Waals surface area contributed by atoms with Gasteiger partial charge in [-0.1, -0.05) is 38.5 Å². The van der Waals surface area contributed by atoms with Gasteiger partial charge >= 0.3 is 5.97 Å². The van der Waals surface area contributed by atoms with Crippen molar-refractivity contribution in [2.45, 2.75) is 44.8 Å². The Morgan fingerprint density at radius 1 is 1.43 bits per heavy atom. The minimum atomic E-state index is -0.823. The van der Waals surface area contributed by atoms with E-state index in [-0.39, 0.29) is 5.75 Å². The highest BCUT2D eigenvalue weighted by Gasteiger charge is 2.12. The average molecular weight is 307 g/mol. The molecule has 0 radical (unpaired) electrons. The van der Waals surface area contributed by atoms with Crippen LogP contribution in [-0.4, -0.2) is 31.4 Å². The first-order valence-electron chi connectivity index (χ1n) is 7.22. The number of carboxylic acid groups (broad SMARTS) is 1. The summed E-state index contributed by atoms with van der Waals surface area (Å²) in [6, 6.07) is 1.94. The molecule has 0 atom stereocenters. The molecule has 0 saturated heterocycles. The Labute approximate surface area is 128 Å². The Kier molecular flexibility index (Phi) is 5.61. The largest absolute Gasteiger partial charge is 0.481 e. The maximum Gasteiger partial charge on any atom is 0.313 e. The number of carbonyl (C=O) groups is 1. The predicted molar refractivity (Wildman–Crippen MR) is 84.6 cm³/mol. The van der Waals surface area contributed by atoms with Crippen LogP contribution in [-0.2, 0) is 11.3 Å². The molecule has 1 N–H and O–H groups in total. The summed E-state index contributed by atoms with van der Waals surface area (Å²) in [5.41, 5.74) is 1.86. The minimum absolute atomic E-state index is 0.0305. The number of hydrogen-bond donors (Lipinski definition) is 1. The lowest BCUT2D eigenvalue weighted by molar-refractivity contribution is -0.133. The van der Waals surface area contributed by atoms with Gasteiger partial charge < -0.3 is 9.67 Å². The first-order chi connectivity index (χ1) is 10.1. The number of aromatic nitrogens is 3. The van der Waals surface area contributed by atoms with Crippen LogP contribution in [0.15, 0.2) is 23.6 Å². The molecule has 0 aromatic carbocycles. The summed E-state index contributed by atoms with van der Waals surface area (Å²) >= 11 is 1.27. The number of aryl methyl sites for hydroxylation is 1. The van der Waals surface area contributed by atoms with Crippen molar-refractivity contribution in [1.29, 1.82) is 0 Å². The van der Waals surface area contributed by atoms with E-state index < -0.39 is 5.97 Å². The Bertz CT molecular complexity index is 610. The molecule has 0 aliphatic heterocycles. The maximum absolute atomic E-state index is 10.8. The van der Waals surface area contributed by atoms with Gasteiger partial charge in [-0.15, -0.1) is 0 Å². The van der Waals surface area contributed by atoms with Gasteiger partial charge in [-0.05, 0) is 18.4 Å². The third-order valence-corrected chi connectivity index (χ3v) is 4.21. The van der Waals surface area contributed by atoms with Crippen molar-refractivity contribution in [2.75, 3.05) is 5.75 Å². The van der Waals surface area contributed by atoms with Gasteiger partial charge in [-0.25, -0.2) is 4.98 Å². The van der Waals surface area contributed by atoms with Crippen molar-refractivity contribution in [2.24, 2.45) is 5.92 Å². The highest BCUT2D eigenvalue weighted by atomic mass is 32.2. The number of pyridine rings is 1. The fourth-order valence-electron chi connectivity index (χ4n) is 2.23. The second-order valence-corrected chi connectivity index (χ2v) is 6.42. The summed E-state index contributed by atoms with van der Waals surface area (Å²) in [6.45, 7) is 5.33. The normalized spacial score (nSPS) is 11.4. The van der Waals surface area contributed by atoms with Crippen LogP contribution in [0.2, 0.25) is 0 Å². The molecule has 2 heterocycles. The second kappa shape index (κ2) is 7.45. The molecule has 0 spiro atoms. The predicted octanol–water partition coefficient (Wildman–Crippen LogP) is 3.43. The topological polar surface area (TPSA) is 68.0 Å². The molecule has 0 saturated carbocycles. The fraction of sp³-hybridized carbons (Fsp3) is 0.533. The maximum atomic E-state index is 10.8.